The maximum absolute atomic E-state index is 12.6. The van der Waals surface area contributed by atoms with Gasteiger partial charge in [0.05, 0.1) is 30.2 Å². The summed E-state index contributed by atoms with van der Waals surface area (Å²) in [5, 5.41) is 9.84. The Kier molecular flexibility index (Phi) is 8.19. The van der Waals surface area contributed by atoms with Crippen LogP contribution in [0.4, 0.5) is 5.69 Å². The first-order chi connectivity index (χ1) is 14.6. The number of carbonyl (C=O) groups excluding carboxylic acids is 2. The molecule has 3 fully saturated rings. The van der Waals surface area contributed by atoms with E-state index in [4.69, 9.17) is 4.74 Å². The van der Waals surface area contributed by atoms with Gasteiger partial charge < -0.3 is 14.7 Å². The summed E-state index contributed by atoms with van der Waals surface area (Å²) >= 11 is 0. The third-order valence-electron chi connectivity index (χ3n) is 6.72. The number of rotatable bonds is 7. The Morgan fingerprint density at radius 1 is 1.00 bits per heavy atom. The van der Waals surface area contributed by atoms with Crippen LogP contribution in [-0.2, 0) is 9.59 Å². The van der Waals surface area contributed by atoms with Crippen LogP contribution in [0.25, 0.3) is 0 Å². The number of para-hydroxylation sites is 2. The van der Waals surface area contributed by atoms with Crippen molar-refractivity contribution in [3.8, 4) is 5.75 Å². The molecule has 0 radical (unpaired) electrons. The summed E-state index contributed by atoms with van der Waals surface area (Å²) in [5.41, 5.74) is 1.15. The number of aliphatic hydroxyl groups is 1. The molecule has 31 heavy (non-hydrogen) atoms. The summed E-state index contributed by atoms with van der Waals surface area (Å²) in [5.74, 6) is 0.353. The van der Waals surface area contributed by atoms with Crippen molar-refractivity contribution in [2.45, 2.75) is 38.7 Å². The van der Waals surface area contributed by atoms with Crippen LogP contribution in [0.5, 0.6) is 5.75 Å². The number of benzene rings is 1. The summed E-state index contributed by atoms with van der Waals surface area (Å²) in [6.07, 6.45) is 2.07. The Labute approximate surface area is 190 Å². The van der Waals surface area contributed by atoms with Crippen molar-refractivity contribution in [2.24, 2.45) is 11.8 Å². The zero-order chi connectivity index (χ0) is 21.1. The minimum atomic E-state index is -0.438. The number of imide groups is 1. The summed E-state index contributed by atoms with van der Waals surface area (Å²) < 4.78 is 5.77. The second-order valence-electron chi connectivity index (χ2n) is 8.59. The minimum absolute atomic E-state index is 0. The SMILES string of the molecule is CCOc1ccccc1N1CCN(CCCN2C(=O)C3CCC(O)CC3C2=O)CC1.Cl. The van der Waals surface area contributed by atoms with Gasteiger partial charge in [-0.2, -0.15) is 0 Å². The molecule has 2 aliphatic heterocycles. The van der Waals surface area contributed by atoms with E-state index in [0.717, 1.165) is 50.6 Å². The van der Waals surface area contributed by atoms with Crippen LogP contribution in [-0.4, -0.2) is 78.7 Å². The van der Waals surface area contributed by atoms with Gasteiger partial charge >= 0.3 is 0 Å². The number of amides is 2. The van der Waals surface area contributed by atoms with Gasteiger partial charge in [-0.1, -0.05) is 12.1 Å². The summed E-state index contributed by atoms with van der Waals surface area (Å²) in [6, 6.07) is 8.18. The van der Waals surface area contributed by atoms with Crippen LogP contribution >= 0.6 is 12.4 Å². The molecule has 172 valence electrons. The molecule has 7 nitrogen and oxygen atoms in total. The lowest BCUT2D eigenvalue weighted by atomic mass is 9.80. The van der Waals surface area contributed by atoms with Gasteiger partial charge in [-0.25, -0.2) is 0 Å². The van der Waals surface area contributed by atoms with Crippen LogP contribution in [0.15, 0.2) is 24.3 Å². The number of fused-ring (bicyclic) bond motifs is 1. The fourth-order valence-corrected chi connectivity index (χ4v) is 5.11. The van der Waals surface area contributed by atoms with E-state index in [2.05, 4.69) is 15.9 Å². The Morgan fingerprint density at radius 2 is 1.71 bits per heavy atom. The fraction of sp³-hybridized carbons (Fsp3) is 0.652. The molecular weight excluding hydrogens is 418 g/mol. The number of carbonyl (C=O) groups is 2. The monoisotopic (exact) mass is 451 g/mol. The number of hydrogen-bond donors (Lipinski definition) is 1. The van der Waals surface area contributed by atoms with Crippen molar-refractivity contribution in [2.75, 3.05) is 50.8 Å². The van der Waals surface area contributed by atoms with Crippen molar-refractivity contribution >= 4 is 29.9 Å². The number of anilines is 1. The lowest BCUT2D eigenvalue weighted by molar-refractivity contribution is -0.140. The first-order valence-electron chi connectivity index (χ1n) is 11.3. The predicted molar refractivity (Wildman–Crippen MR) is 122 cm³/mol. The number of ether oxygens (including phenoxy) is 1. The van der Waals surface area contributed by atoms with E-state index in [9.17, 15) is 14.7 Å². The molecule has 1 aliphatic carbocycles. The van der Waals surface area contributed by atoms with Crippen molar-refractivity contribution < 1.29 is 19.4 Å². The lowest BCUT2D eigenvalue weighted by Crippen LogP contribution is -2.47. The van der Waals surface area contributed by atoms with Crippen LogP contribution in [0.1, 0.15) is 32.6 Å². The lowest BCUT2D eigenvalue weighted by Gasteiger charge is -2.36. The zero-order valence-electron chi connectivity index (χ0n) is 18.2. The highest BCUT2D eigenvalue weighted by Crippen LogP contribution is 2.38. The second-order valence-corrected chi connectivity index (χ2v) is 8.59. The largest absolute Gasteiger partial charge is 0.492 e. The average Bonchev–Trinajstić information content (AvgIpc) is 2.99. The minimum Gasteiger partial charge on any atom is -0.492 e. The number of hydrogen-bond acceptors (Lipinski definition) is 6. The van der Waals surface area contributed by atoms with Crippen molar-refractivity contribution in [1.29, 1.82) is 0 Å². The molecule has 2 heterocycles. The molecule has 1 N–H and O–H groups in total. The van der Waals surface area contributed by atoms with E-state index in [1.165, 1.54) is 4.90 Å². The molecule has 3 aliphatic rings. The molecule has 1 aromatic rings. The number of halogens is 1. The topological polar surface area (TPSA) is 73.3 Å². The van der Waals surface area contributed by atoms with E-state index in [1.54, 1.807) is 0 Å². The van der Waals surface area contributed by atoms with Crippen molar-refractivity contribution in [3.05, 3.63) is 24.3 Å². The summed E-state index contributed by atoms with van der Waals surface area (Å²) in [4.78, 5) is 31.5. The molecule has 0 aromatic heterocycles. The van der Waals surface area contributed by atoms with E-state index >= 15 is 0 Å². The van der Waals surface area contributed by atoms with Gasteiger partial charge in [-0.15, -0.1) is 12.4 Å². The van der Waals surface area contributed by atoms with Crippen LogP contribution in [0, 0.1) is 11.8 Å². The Bertz CT molecular complexity index is 769. The predicted octanol–water partition coefficient (Wildman–Crippen LogP) is 2.17. The smallest absolute Gasteiger partial charge is 0.233 e. The quantitative estimate of drug-likeness (QED) is 0.640. The Morgan fingerprint density at radius 3 is 2.45 bits per heavy atom. The summed E-state index contributed by atoms with van der Waals surface area (Å²) in [6.45, 7) is 7.83. The Balaban J connectivity index is 0.00000272. The van der Waals surface area contributed by atoms with Gasteiger partial charge in [0.25, 0.3) is 0 Å². The molecule has 0 bridgehead atoms. The van der Waals surface area contributed by atoms with Gasteiger partial charge in [-0.05, 0) is 51.3 Å². The van der Waals surface area contributed by atoms with Crippen LogP contribution < -0.4 is 9.64 Å². The number of likely N-dealkylation sites (tertiary alicyclic amines) is 1. The maximum atomic E-state index is 12.6. The van der Waals surface area contributed by atoms with Gasteiger partial charge in [0, 0.05) is 32.7 Å². The van der Waals surface area contributed by atoms with Gasteiger partial charge in [0.2, 0.25) is 11.8 Å². The highest BCUT2D eigenvalue weighted by molar-refractivity contribution is 6.05. The second kappa shape index (κ2) is 10.7. The molecular formula is C23H34ClN3O4. The molecule has 0 spiro atoms. The van der Waals surface area contributed by atoms with E-state index in [1.807, 2.05) is 25.1 Å². The van der Waals surface area contributed by atoms with E-state index < -0.39 is 6.10 Å². The fourth-order valence-electron chi connectivity index (χ4n) is 5.11. The molecule has 2 amide bonds. The molecule has 3 atom stereocenters. The average molecular weight is 452 g/mol. The highest BCUT2D eigenvalue weighted by atomic mass is 35.5. The molecule has 8 heteroatoms. The van der Waals surface area contributed by atoms with Gasteiger partial charge in [-0.3, -0.25) is 19.4 Å². The first kappa shape index (κ1) is 23.8. The van der Waals surface area contributed by atoms with Crippen molar-refractivity contribution in [1.82, 2.24) is 9.80 Å². The number of nitrogens with zero attached hydrogens (tertiary/aromatic N) is 3. The molecule has 1 saturated carbocycles. The summed E-state index contributed by atoms with van der Waals surface area (Å²) in [7, 11) is 0. The third kappa shape index (κ3) is 5.16. The van der Waals surface area contributed by atoms with Crippen LogP contribution in [0.2, 0.25) is 0 Å². The van der Waals surface area contributed by atoms with Crippen LogP contribution in [0.3, 0.4) is 0 Å². The van der Waals surface area contributed by atoms with Crippen molar-refractivity contribution in [3.63, 3.8) is 0 Å². The number of aliphatic hydroxyl groups excluding tert-OH is 1. The van der Waals surface area contributed by atoms with Gasteiger partial charge in [0.15, 0.2) is 0 Å². The zero-order valence-corrected chi connectivity index (χ0v) is 19.1. The highest BCUT2D eigenvalue weighted by Gasteiger charge is 2.49. The van der Waals surface area contributed by atoms with E-state index in [0.29, 0.717) is 32.4 Å². The molecule has 3 unspecified atom stereocenters. The molecule has 4 rings (SSSR count). The molecule has 2 saturated heterocycles. The third-order valence-corrected chi connectivity index (χ3v) is 6.72. The maximum Gasteiger partial charge on any atom is 0.233 e. The van der Waals surface area contributed by atoms with E-state index in [-0.39, 0.29) is 36.1 Å². The standard InChI is InChI=1S/C23H33N3O4.ClH/c1-2-30-21-7-4-3-6-20(21)25-14-12-24(13-15-25)10-5-11-26-22(28)18-9-8-17(27)16-19(18)23(26)29;/h3-4,6-7,17-19,27H,2,5,8-16H2,1H3;1H. The normalized spacial score (nSPS) is 26.6. The van der Waals surface area contributed by atoms with Gasteiger partial charge in [0.1, 0.15) is 5.75 Å². The molecule has 1 aromatic carbocycles. The first-order valence-corrected chi connectivity index (χ1v) is 11.3. The number of piperazine rings is 1. The Hall–Kier alpha value is -1.83.